The fourth-order valence-corrected chi connectivity index (χ4v) is 5.77. The van der Waals surface area contributed by atoms with Crippen molar-refractivity contribution in [2.75, 3.05) is 26.2 Å². The van der Waals surface area contributed by atoms with Gasteiger partial charge in [0, 0.05) is 31.2 Å². The Bertz CT molecular complexity index is 1300. The number of aryl methyl sites for hydroxylation is 1. The van der Waals surface area contributed by atoms with Crippen LogP contribution in [0, 0.1) is 6.92 Å². The van der Waals surface area contributed by atoms with Crippen molar-refractivity contribution < 1.29 is 18.3 Å². The van der Waals surface area contributed by atoms with E-state index >= 15 is 0 Å². The highest BCUT2D eigenvalue weighted by Gasteiger charge is 2.33. The summed E-state index contributed by atoms with van der Waals surface area (Å²) >= 11 is 6.11. The van der Waals surface area contributed by atoms with E-state index < -0.39 is 10.0 Å². The van der Waals surface area contributed by atoms with Crippen molar-refractivity contribution >= 4 is 27.5 Å². The van der Waals surface area contributed by atoms with E-state index in [1.165, 1.54) is 16.4 Å². The summed E-state index contributed by atoms with van der Waals surface area (Å²) in [5.41, 5.74) is 2.77. The molecule has 8 nitrogen and oxygen atoms in total. The second-order valence-corrected chi connectivity index (χ2v) is 10.3. The van der Waals surface area contributed by atoms with Crippen molar-refractivity contribution in [3.05, 3.63) is 70.5 Å². The summed E-state index contributed by atoms with van der Waals surface area (Å²) in [5, 5.41) is 15.1. The molecule has 0 bridgehead atoms. The molecule has 0 spiro atoms. The Hall–Kier alpha value is -2.88. The van der Waals surface area contributed by atoms with Crippen LogP contribution in [0.15, 0.2) is 53.6 Å². The van der Waals surface area contributed by atoms with E-state index in [0.717, 1.165) is 16.9 Å². The molecule has 2 aromatic carbocycles. The van der Waals surface area contributed by atoms with Crippen molar-refractivity contribution in [1.82, 2.24) is 19.0 Å². The number of aromatic hydroxyl groups is 1. The van der Waals surface area contributed by atoms with Gasteiger partial charge < -0.3 is 10.0 Å². The molecule has 10 heteroatoms. The van der Waals surface area contributed by atoms with E-state index in [0.29, 0.717) is 17.0 Å². The lowest BCUT2D eigenvalue weighted by Crippen LogP contribution is -2.50. The van der Waals surface area contributed by atoms with E-state index in [4.69, 9.17) is 11.6 Å². The average molecular weight is 489 g/mol. The molecule has 0 radical (unpaired) electrons. The molecular formula is C23H25ClN4O4S. The average Bonchev–Trinajstić information content (AvgIpc) is 3.24. The number of carbonyl (C=O) groups excluding carboxylic acids is 1. The van der Waals surface area contributed by atoms with Gasteiger partial charge in [0.15, 0.2) is 0 Å². The Balaban J connectivity index is 1.52. The highest BCUT2D eigenvalue weighted by atomic mass is 35.5. The molecule has 1 aliphatic heterocycles. The lowest BCUT2D eigenvalue weighted by atomic mass is 10.1. The fraction of sp³-hybridized carbons (Fsp3) is 0.304. The Morgan fingerprint density at radius 2 is 1.85 bits per heavy atom. The predicted molar refractivity (Wildman–Crippen MR) is 125 cm³/mol. The summed E-state index contributed by atoms with van der Waals surface area (Å²) in [6.07, 6.45) is 2.14. The first-order chi connectivity index (χ1) is 15.7. The minimum absolute atomic E-state index is 0.113. The van der Waals surface area contributed by atoms with Crippen LogP contribution in [0.25, 0.3) is 5.69 Å². The number of piperazine rings is 1. The van der Waals surface area contributed by atoms with Crippen molar-refractivity contribution in [3.8, 4) is 11.4 Å². The molecule has 1 saturated heterocycles. The number of hydrogen-bond donors (Lipinski definition) is 1. The van der Waals surface area contributed by atoms with Crippen LogP contribution in [-0.2, 0) is 16.4 Å². The lowest BCUT2D eigenvalue weighted by molar-refractivity contribution is 0.0696. The Morgan fingerprint density at radius 3 is 2.52 bits per heavy atom. The molecule has 1 aliphatic rings. The van der Waals surface area contributed by atoms with E-state index in [1.54, 1.807) is 40.9 Å². The summed E-state index contributed by atoms with van der Waals surface area (Å²) in [6.45, 7) is 4.50. The molecule has 0 unspecified atom stereocenters. The zero-order valence-electron chi connectivity index (χ0n) is 18.4. The van der Waals surface area contributed by atoms with Gasteiger partial charge in [-0.25, -0.2) is 13.1 Å². The number of nitrogens with zero attached hydrogens (tertiary/aromatic N) is 4. The van der Waals surface area contributed by atoms with Crippen molar-refractivity contribution in [3.63, 3.8) is 0 Å². The third-order valence-corrected chi connectivity index (χ3v) is 7.91. The zero-order chi connectivity index (χ0) is 23.8. The number of hydrogen-bond acceptors (Lipinski definition) is 5. The maximum absolute atomic E-state index is 13.3. The first kappa shape index (κ1) is 23.3. The molecule has 0 atom stereocenters. The van der Waals surface area contributed by atoms with Crippen LogP contribution in [-0.4, -0.2) is 64.6 Å². The summed E-state index contributed by atoms with van der Waals surface area (Å²) in [5.74, 6) is -0.462. The van der Waals surface area contributed by atoms with Gasteiger partial charge in [-0.2, -0.15) is 9.40 Å². The van der Waals surface area contributed by atoms with Crippen molar-refractivity contribution in [2.24, 2.45) is 0 Å². The molecule has 4 rings (SSSR count). The second kappa shape index (κ2) is 9.17. The number of carbonyl (C=O) groups is 1. The number of benzene rings is 2. The molecule has 1 N–H and O–H groups in total. The molecule has 1 aromatic heterocycles. The number of rotatable bonds is 5. The molecule has 33 heavy (non-hydrogen) atoms. The van der Waals surface area contributed by atoms with Gasteiger partial charge in [0.05, 0.1) is 23.1 Å². The van der Waals surface area contributed by atoms with Crippen LogP contribution >= 0.6 is 11.6 Å². The third kappa shape index (κ3) is 4.48. The van der Waals surface area contributed by atoms with Crippen LogP contribution < -0.4 is 0 Å². The van der Waals surface area contributed by atoms with Crippen LogP contribution in [0.3, 0.4) is 0 Å². The Labute approximate surface area is 198 Å². The summed E-state index contributed by atoms with van der Waals surface area (Å²) in [6, 6.07) is 11.7. The molecular weight excluding hydrogens is 464 g/mol. The number of amides is 1. The molecule has 174 valence electrons. The van der Waals surface area contributed by atoms with E-state index in [9.17, 15) is 18.3 Å². The normalized spacial score (nSPS) is 15.1. The van der Waals surface area contributed by atoms with Gasteiger partial charge >= 0.3 is 0 Å². The minimum Gasteiger partial charge on any atom is -0.507 e. The Morgan fingerprint density at radius 1 is 1.12 bits per heavy atom. The largest absolute Gasteiger partial charge is 0.507 e. The number of halogens is 1. The Kier molecular flexibility index (Phi) is 6.47. The minimum atomic E-state index is -3.86. The summed E-state index contributed by atoms with van der Waals surface area (Å²) < 4.78 is 29.1. The predicted octanol–water partition coefficient (Wildman–Crippen LogP) is 3.25. The number of phenolic OH excluding ortho intramolecular Hbond substituents is 1. The monoisotopic (exact) mass is 488 g/mol. The second-order valence-electron chi connectivity index (χ2n) is 7.92. The zero-order valence-corrected chi connectivity index (χ0v) is 20.0. The van der Waals surface area contributed by atoms with Crippen LogP contribution in [0.1, 0.15) is 28.5 Å². The van der Waals surface area contributed by atoms with Gasteiger partial charge in [-0.15, -0.1) is 0 Å². The van der Waals surface area contributed by atoms with E-state index in [1.807, 2.05) is 19.1 Å². The van der Waals surface area contributed by atoms with Gasteiger partial charge in [-0.1, -0.05) is 30.7 Å². The van der Waals surface area contributed by atoms with Crippen molar-refractivity contribution in [1.29, 1.82) is 0 Å². The fourth-order valence-electron chi connectivity index (χ4n) is 3.99. The molecule has 1 amide bonds. The highest BCUT2D eigenvalue weighted by molar-refractivity contribution is 7.89. The summed E-state index contributed by atoms with van der Waals surface area (Å²) in [7, 11) is -3.86. The van der Waals surface area contributed by atoms with Crippen LogP contribution in [0.4, 0.5) is 0 Å². The topological polar surface area (TPSA) is 95.7 Å². The molecule has 0 saturated carbocycles. The van der Waals surface area contributed by atoms with Gasteiger partial charge in [-0.3, -0.25) is 4.79 Å². The highest BCUT2D eigenvalue weighted by Crippen LogP contribution is 2.28. The number of phenols is 1. The first-order valence-electron chi connectivity index (χ1n) is 10.6. The maximum Gasteiger partial charge on any atom is 0.257 e. The molecule has 2 heterocycles. The lowest BCUT2D eigenvalue weighted by Gasteiger charge is -2.34. The standard InChI is InChI=1S/C23H25ClN4O4S/c1-3-20-19(15-25-28(20)18-6-4-5-17(24)14-18)23(30)26-9-11-27(12-10-26)33(31,32)22-13-16(2)7-8-21(22)29/h4-8,13-15,29H,3,9-12H2,1-2H3. The quantitative estimate of drug-likeness (QED) is 0.594. The van der Waals surface area contributed by atoms with Gasteiger partial charge in [-0.05, 0) is 49.2 Å². The molecule has 0 aliphatic carbocycles. The van der Waals surface area contributed by atoms with Crippen LogP contribution in [0.5, 0.6) is 5.75 Å². The number of sulfonamides is 1. The molecule has 3 aromatic rings. The van der Waals surface area contributed by atoms with Gasteiger partial charge in [0.1, 0.15) is 10.6 Å². The van der Waals surface area contributed by atoms with E-state index in [-0.39, 0.29) is 42.7 Å². The smallest absolute Gasteiger partial charge is 0.257 e. The maximum atomic E-state index is 13.3. The summed E-state index contributed by atoms with van der Waals surface area (Å²) in [4.78, 5) is 14.8. The molecule has 1 fully saturated rings. The third-order valence-electron chi connectivity index (χ3n) is 5.75. The number of aromatic nitrogens is 2. The van der Waals surface area contributed by atoms with Gasteiger partial charge in [0.25, 0.3) is 5.91 Å². The van der Waals surface area contributed by atoms with Crippen LogP contribution in [0.2, 0.25) is 5.02 Å². The SMILES string of the molecule is CCc1c(C(=O)N2CCN(S(=O)(=O)c3cc(C)ccc3O)CC2)cnn1-c1cccc(Cl)c1. The van der Waals surface area contributed by atoms with Crippen molar-refractivity contribution in [2.45, 2.75) is 25.2 Å². The van der Waals surface area contributed by atoms with E-state index in [2.05, 4.69) is 5.10 Å². The first-order valence-corrected chi connectivity index (χ1v) is 12.5. The van der Waals surface area contributed by atoms with Gasteiger partial charge in [0.2, 0.25) is 10.0 Å².